The van der Waals surface area contributed by atoms with Crippen molar-refractivity contribution in [2.75, 3.05) is 18.1 Å². The molecule has 1 saturated heterocycles. The molecule has 0 aromatic heterocycles. The van der Waals surface area contributed by atoms with Crippen molar-refractivity contribution >= 4 is 9.84 Å². The Balaban J connectivity index is 2.54. The molecule has 0 aromatic carbocycles. The minimum Gasteiger partial charge on any atom is -0.327 e. The third-order valence-electron chi connectivity index (χ3n) is 1.22. The Bertz CT molecular complexity index is 213. The van der Waals surface area contributed by atoms with Crippen LogP contribution in [0.3, 0.4) is 0 Å². The first-order chi connectivity index (χ1) is 4.14. The zero-order valence-electron chi connectivity index (χ0n) is 5.00. The van der Waals surface area contributed by atoms with E-state index >= 15 is 0 Å². The Hall–Kier alpha value is -0.350. The number of hydrogen-bond acceptors (Lipinski definition) is 3. The summed E-state index contributed by atoms with van der Waals surface area (Å²) in [5.41, 5.74) is 6.11. The van der Waals surface area contributed by atoms with Crippen molar-refractivity contribution < 1.29 is 8.42 Å². The van der Waals surface area contributed by atoms with Crippen LogP contribution < -0.4 is 5.73 Å². The van der Waals surface area contributed by atoms with E-state index in [1.54, 1.807) is 6.08 Å². The second kappa shape index (κ2) is 2.11. The van der Waals surface area contributed by atoms with Gasteiger partial charge in [0.1, 0.15) is 0 Å². The molecule has 3 nitrogen and oxygen atoms in total. The van der Waals surface area contributed by atoms with E-state index in [1.807, 2.05) is 0 Å². The van der Waals surface area contributed by atoms with Crippen LogP contribution in [0.25, 0.3) is 0 Å². The summed E-state index contributed by atoms with van der Waals surface area (Å²) in [4.78, 5) is 0. The highest BCUT2D eigenvalue weighted by Crippen LogP contribution is 2.15. The molecule has 0 spiro atoms. The Labute approximate surface area is 54.5 Å². The normalized spacial score (nSPS) is 23.0. The molecule has 52 valence electrons. The van der Waals surface area contributed by atoms with Gasteiger partial charge in [-0.3, -0.25) is 0 Å². The standard InChI is InChI=1S/C5H9NO2S/c6-2-1-5-3-9(7,8)4-5/h1H,2-4,6H2. The first-order valence-electron chi connectivity index (χ1n) is 2.72. The SMILES string of the molecule is NCC=C1CS(=O)(=O)C1. The van der Waals surface area contributed by atoms with Gasteiger partial charge in [-0.1, -0.05) is 6.08 Å². The van der Waals surface area contributed by atoms with Crippen LogP contribution in [0.15, 0.2) is 11.6 Å². The van der Waals surface area contributed by atoms with Crippen LogP contribution in [0.1, 0.15) is 0 Å². The molecule has 2 N–H and O–H groups in total. The average Bonchev–Trinajstić information content (AvgIpc) is 1.62. The molecule has 0 amide bonds. The van der Waals surface area contributed by atoms with Crippen molar-refractivity contribution in [3.05, 3.63) is 11.6 Å². The number of nitrogens with two attached hydrogens (primary N) is 1. The van der Waals surface area contributed by atoms with E-state index in [-0.39, 0.29) is 11.5 Å². The molecule has 1 aliphatic heterocycles. The van der Waals surface area contributed by atoms with Gasteiger partial charge >= 0.3 is 0 Å². The van der Waals surface area contributed by atoms with Gasteiger partial charge < -0.3 is 5.73 Å². The van der Waals surface area contributed by atoms with E-state index in [0.29, 0.717) is 6.54 Å². The van der Waals surface area contributed by atoms with Gasteiger partial charge in [0.05, 0.1) is 11.5 Å². The molecular formula is C5H9NO2S. The molecule has 0 saturated carbocycles. The fourth-order valence-corrected chi connectivity index (χ4v) is 2.09. The molecule has 1 rings (SSSR count). The highest BCUT2D eigenvalue weighted by molar-refractivity contribution is 7.93. The maximum atomic E-state index is 10.5. The lowest BCUT2D eigenvalue weighted by Crippen LogP contribution is -2.28. The quantitative estimate of drug-likeness (QED) is 0.499. The van der Waals surface area contributed by atoms with E-state index in [0.717, 1.165) is 5.57 Å². The molecule has 1 aliphatic rings. The Kier molecular flexibility index (Phi) is 1.59. The first-order valence-corrected chi connectivity index (χ1v) is 4.54. The van der Waals surface area contributed by atoms with E-state index in [4.69, 9.17) is 5.73 Å². The summed E-state index contributed by atoms with van der Waals surface area (Å²) in [6, 6.07) is 0. The lowest BCUT2D eigenvalue weighted by Gasteiger charge is -2.16. The summed E-state index contributed by atoms with van der Waals surface area (Å²) in [6.45, 7) is 0.449. The van der Waals surface area contributed by atoms with Crippen LogP contribution >= 0.6 is 0 Å². The maximum absolute atomic E-state index is 10.5. The maximum Gasteiger partial charge on any atom is 0.157 e. The number of sulfone groups is 1. The van der Waals surface area contributed by atoms with E-state index in [2.05, 4.69) is 0 Å². The second-order valence-electron chi connectivity index (χ2n) is 2.13. The minimum absolute atomic E-state index is 0.226. The predicted molar refractivity (Wildman–Crippen MR) is 35.8 cm³/mol. The number of rotatable bonds is 1. The zero-order chi connectivity index (χ0) is 6.91. The molecule has 1 fully saturated rings. The summed E-state index contributed by atoms with van der Waals surface area (Å²) >= 11 is 0. The van der Waals surface area contributed by atoms with Crippen molar-refractivity contribution in [2.24, 2.45) is 5.73 Å². The average molecular weight is 147 g/mol. The fourth-order valence-electron chi connectivity index (χ4n) is 0.807. The van der Waals surface area contributed by atoms with Gasteiger partial charge in [0.15, 0.2) is 9.84 Å². The molecule has 0 unspecified atom stereocenters. The Morgan fingerprint density at radius 2 is 2.11 bits per heavy atom. The summed E-state index contributed by atoms with van der Waals surface area (Å²) in [6.07, 6.45) is 1.76. The van der Waals surface area contributed by atoms with Gasteiger partial charge in [-0.2, -0.15) is 0 Å². The summed E-state index contributed by atoms with van der Waals surface area (Å²) < 4.78 is 21.0. The molecule has 0 radical (unpaired) electrons. The summed E-state index contributed by atoms with van der Waals surface area (Å²) in [5, 5.41) is 0. The second-order valence-corrected chi connectivity index (χ2v) is 4.19. The lowest BCUT2D eigenvalue weighted by atomic mass is 10.3. The molecule has 0 atom stereocenters. The van der Waals surface area contributed by atoms with Crippen molar-refractivity contribution in [3.63, 3.8) is 0 Å². The highest BCUT2D eigenvalue weighted by Gasteiger charge is 2.25. The lowest BCUT2D eigenvalue weighted by molar-refractivity contribution is 0.593. The van der Waals surface area contributed by atoms with Crippen LogP contribution in [-0.4, -0.2) is 26.5 Å². The Morgan fingerprint density at radius 3 is 2.44 bits per heavy atom. The largest absolute Gasteiger partial charge is 0.327 e. The predicted octanol–water partition coefficient (Wildman–Crippen LogP) is -0.700. The van der Waals surface area contributed by atoms with Gasteiger partial charge in [0, 0.05) is 6.54 Å². The Morgan fingerprint density at radius 1 is 1.56 bits per heavy atom. The van der Waals surface area contributed by atoms with Crippen LogP contribution in [0.5, 0.6) is 0 Å². The molecule has 1 heterocycles. The van der Waals surface area contributed by atoms with Crippen LogP contribution in [0.4, 0.5) is 0 Å². The van der Waals surface area contributed by atoms with Gasteiger partial charge in [0.2, 0.25) is 0 Å². The molecule has 0 aliphatic carbocycles. The molecule has 0 aromatic rings. The third kappa shape index (κ3) is 1.53. The van der Waals surface area contributed by atoms with Crippen LogP contribution in [-0.2, 0) is 9.84 Å². The monoisotopic (exact) mass is 147 g/mol. The van der Waals surface area contributed by atoms with Crippen molar-refractivity contribution in [2.45, 2.75) is 0 Å². The minimum atomic E-state index is -2.68. The zero-order valence-corrected chi connectivity index (χ0v) is 5.82. The van der Waals surface area contributed by atoms with Crippen molar-refractivity contribution in [3.8, 4) is 0 Å². The van der Waals surface area contributed by atoms with Gasteiger partial charge in [0.25, 0.3) is 0 Å². The van der Waals surface area contributed by atoms with Crippen LogP contribution in [0, 0.1) is 0 Å². The van der Waals surface area contributed by atoms with Gasteiger partial charge in [-0.25, -0.2) is 8.42 Å². The van der Waals surface area contributed by atoms with Gasteiger partial charge in [-0.05, 0) is 5.57 Å². The van der Waals surface area contributed by atoms with E-state index < -0.39 is 9.84 Å². The van der Waals surface area contributed by atoms with Crippen molar-refractivity contribution in [1.29, 1.82) is 0 Å². The topological polar surface area (TPSA) is 60.2 Å². The highest BCUT2D eigenvalue weighted by atomic mass is 32.2. The van der Waals surface area contributed by atoms with Gasteiger partial charge in [-0.15, -0.1) is 0 Å². The molecular weight excluding hydrogens is 138 g/mol. The molecule has 0 bridgehead atoms. The molecule has 9 heavy (non-hydrogen) atoms. The smallest absolute Gasteiger partial charge is 0.157 e. The summed E-state index contributed by atoms with van der Waals surface area (Å²) in [5.74, 6) is 0.453. The van der Waals surface area contributed by atoms with Crippen LogP contribution in [0.2, 0.25) is 0 Å². The van der Waals surface area contributed by atoms with E-state index in [1.165, 1.54) is 0 Å². The third-order valence-corrected chi connectivity index (χ3v) is 2.84. The van der Waals surface area contributed by atoms with E-state index in [9.17, 15) is 8.42 Å². The molecule has 4 heteroatoms. The first kappa shape index (κ1) is 6.77. The van der Waals surface area contributed by atoms with Crippen molar-refractivity contribution in [1.82, 2.24) is 0 Å². The summed E-state index contributed by atoms with van der Waals surface area (Å²) in [7, 11) is -2.68. The number of hydrogen-bond donors (Lipinski definition) is 1. The fraction of sp³-hybridized carbons (Fsp3) is 0.600.